The zero-order valence-corrected chi connectivity index (χ0v) is 7.18. The van der Waals surface area contributed by atoms with E-state index in [0.717, 1.165) is 4.90 Å². The maximum absolute atomic E-state index is 11.0. The van der Waals surface area contributed by atoms with Gasteiger partial charge in [0.1, 0.15) is 0 Å². The van der Waals surface area contributed by atoms with Gasteiger partial charge < -0.3 is 5.32 Å². The van der Waals surface area contributed by atoms with Gasteiger partial charge in [-0.05, 0) is 13.8 Å². The molecular formula is C7H14N2O2. The second kappa shape index (κ2) is 4.71. The molecule has 0 aromatic heterocycles. The summed E-state index contributed by atoms with van der Waals surface area (Å²) in [6, 6.07) is -0.317. The summed E-state index contributed by atoms with van der Waals surface area (Å²) in [5, 5.41) is 2.54. The SMILES string of the molecule is CCNC(=O)N(CC)C(C)=O. The Hall–Kier alpha value is -1.06. The van der Waals surface area contributed by atoms with Gasteiger partial charge in [-0.15, -0.1) is 0 Å². The van der Waals surface area contributed by atoms with Gasteiger partial charge in [0.2, 0.25) is 5.91 Å². The molecule has 4 nitrogen and oxygen atoms in total. The lowest BCUT2D eigenvalue weighted by molar-refractivity contribution is -0.125. The standard InChI is InChI=1S/C7H14N2O2/c1-4-8-7(11)9(5-2)6(3)10/h4-5H2,1-3H3,(H,8,11). The third kappa shape index (κ3) is 3.02. The van der Waals surface area contributed by atoms with E-state index in [4.69, 9.17) is 0 Å². The Bertz CT molecular complexity index is 157. The molecule has 0 bridgehead atoms. The summed E-state index contributed by atoms with van der Waals surface area (Å²) in [5.74, 6) is -0.224. The monoisotopic (exact) mass is 158 g/mol. The average molecular weight is 158 g/mol. The van der Waals surface area contributed by atoms with Gasteiger partial charge in [0.25, 0.3) is 0 Å². The number of urea groups is 1. The maximum Gasteiger partial charge on any atom is 0.324 e. The van der Waals surface area contributed by atoms with E-state index in [0.29, 0.717) is 13.1 Å². The Kier molecular flexibility index (Phi) is 4.26. The van der Waals surface area contributed by atoms with Gasteiger partial charge in [0.15, 0.2) is 0 Å². The molecule has 0 fully saturated rings. The summed E-state index contributed by atoms with van der Waals surface area (Å²) in [5.41, 5.74) is 0. The highest BCUT2D eigenvalue weighted by Gasteiger charge is 2.13. The Labute approximate surface area is 66.6 Å². The van der Waals surface area contributed by atoms with E-state index in [1.807, 2.05) is 6.92 Å². The van der Waals surface area contributed by atoms with Crippen LogP contribution in [0.25, 0.3) is 0 Å². The van der Waals surface area contributed by atoms with Crippen LogP contribution in [0.2, 0.25) is 0 Å². The predicted molar refractivity (Wildman–Crippen MR) is 42.1 cm³/mol. The zero-order chi connectivity index (χ0) is 8.85. The highest BCUT2D eigenvalue weighted by atomic mass is 16.2. The molecule has 64 valence electrons. The maximum atomic E-state index is 11.0. The minimum Gasteiger partial charge on any atom is -0.338 e. The smallest absolute Gasteiger partial charge is 0.324 e. The minimum atomic E-state index is -0.317. The molecule has 4 heteroatoms. The lowest BCUT2D eigenvalue weighted by Gasteiger charge is -2.16. The fourth-order valence-electron chi connectivity index (χ4n) is 0.756. The summed E-state index contributed by atoms with van der Waals surface area (Å²) < 4.78 is 0. The first-order valence-corrected chi connectivity index (χ1v) is 3.69. The third-order valence-electron chi connectivity index (χ3n) is 1.27. The van der Waals surface area contributed by atoms with E-state index in [9.17, 15) is 9.59 Å². The number of hydrogen-bond acceptors (Lipinski definition) is 2. The van der Waals surface area contributed by atoms with Crippen molar-refractivity contribution in [3.63, 3.8) is 0 Å². The van der Waals surface area contributed by atoms with Crippen LogP contribution in [0.15, 0.2) is 0 Å². The van der Waals surface area contributed by atoms with E-state index in [1.165, 1.54) is 6.92 Å². The van der Waals surface area contributed by atoms with E-state index in [1.54, 1.807) is 6.92 Å². The van der Waals surface area contributed by atoms with Crippen LogP contribution in [0, 0.1) is 0 Å². The number of nitrogens with one attached hydrogen (secondary N) is 1. The van der Waals surface area contributed by atoms with Crippen LogP contribution in [0.1, 0.15) is 20.8 Å². The predicted octanol–water partition coefficient (Wildman–Crippen LogP) is 0.584. The number of amides is 3. The van der Waals surface area contributed by atoms with Gasteiger partial charge in [-0.2, -0.15) is 0 Å². The number of hydrogen-bond donors (Lipinski definition) is 1. The molecule has 0 spiro atoms. The van der Waals surface area contributed by atoms with Gasteiger partial charge in [0.05, 0.1) is 0 Å². The molecular weight excluding hydrogens is 144 g/mol. The van der Waals surface area contributed by atoms with Crippen molar-refractivity contribution >= 4 is 11.9 Å². The number of carbonyl (C=O) groups is 2. The normalized spacial score (nSPS) is 9.00. The Balaban J connectivity index is 4.03. The number of rotatable bonds is 2. The highest BCUT2D eigenvalue weighted by Crippen LogP contribution is 1.88. The fraction of sp³-hybridized carbons (Fsp3) is 0.714. The molecule has 0 radical (unpaired) electrons. The molecule has 0 aliphatic carbocycles. The molecule has 0 aromatic rings. The van der Waals surface area contributed by atoms with Crippen LogP contribution in [0.3, 0.4) is 0 Å². The van der Waals surface area contributed by atoms with Crippen LogP contribution in [0.4, 0.5) is 4.79 Å². The van der Waals surface area contributed by atoms with Crippen LogP contribution in [0.5, 0.6) is 0 Å². The molecule has 1 N–H and O–H groups in total. The van der Waals surface area contributed by atoms with Crippen molar-refractivity contribution < 1.29 is 9.59 Å². The molecule has 0 aromatic carbocycles. The molecule has 0 aliphatic rings. The van der Waals surface area contributed by atoms with Crippen molar-refractivity contribution in [2.24, 2.45) is 0 Å². The van der Waals surface area contributed by atoms with E-state index < -0.39 is 0 Å². The Morgan fingerprint density at radius 2 is 1.91 bits per heavy atom. The van der Waals surface area contributed by atoms with Gasteiger partial charge in [-0.1, -0.05) is 0 Å². The van der Waals surface area contributed by atoms with Crippen molar-refractivity contribution in [1.29, 1.82) is 0 Å². The Morgan fingerprint density at radius 3 is 2.18 bits per heavy atom. The second-order valence-corrected chi connectivity index (χ2v) is 2.10. The molecule has 0 saturated carbocycles. The van der Waals surface area contributed by atoms with Gasteiger partial charge >= 0.3 is 6.03 Å². The lowest BCUT2D eigenvalue weighted by atomic mass is 10.5. The van der Waals surface area contributed by atoms with Crippen molar-refractivity contribution in [2.75, 3.05) is 13.1 Å². The quantitative estimate of drug-likeness (QED) is 0.639. The number of imide groups is 1. The fourth-order valence-corrected chi connectivity index (χ4v) is 0.756. The van der Waals surface area contributed by atoms with E-state index in [2.05, 4.69) is 5.32 Å². The minimum absolute atomic E-state index is 0.224. The van der Waals surface area contributed by atoms with E-state index in [-0.39, 0.29) is 11.9 Å². The zero-order valence-electron chi connectivity index (χ0n) is 7.18. The topological polar surface area (TPSA) is 49.4 Å². The molecule has 0 heterocycles. The summed E-state index contributed by atoms with van der Waals surface area (Å²) in [7, 11) is 0. The lowest BCUT2D eigenvalue weighted by Crippen LogP contribution is -2.42. The van der Waals surface area contributed by atoms with Gasteiger partial charge in [-0.3, -0.25) is 9.69 Å². The van der Waals surface area contributed by atoms with Gasteiger partial charge in [-0.25, -0.2) is 4.79 Å². The molecule has 3 amide bonds. The molecule has 11 heavy (non-hydrogen) atoms. The second-order valence-electron chi connectivity index (χ2n) is 2.10. The molecule has 0 saturated heterocycles. The number of nitrogens with zero attached hydrogens (tertiary/aromatic N) is 1. The van der Waals surface area contributed by atoms with Crippen molar-refractivity contribution in [3.05, 3.63) is 0 Å². The van der Waals surface area contributed by atoms with Crippen molar-refractivity contribution in [2.45, 2.75) is 20.8 Å². The van der Waals surface area contributed by atoms with E-state index >= 15 is 0 Å². The van der Waals surface area contributed by atoms with Crippen LogP contribution >= 0.6 is 0 Å². The number of carbonyl (C=O) groups excluding carboxylic acids is 2. The molecule has 0 aliphatic heterocycles. The van der Waals surface area contributed by atoms with Crippen LogP contribution < -0.4 is 5.32 Å². The Morgan fingerprint density at radius 1 is 1.36 bits per heavy atom. The largest absolute Gasteiger partial charge is 0.338 e. The average Bonchev–Trinajstić information content (AvgIpc) is 1.88. The first-order valence-electron chi connectivity index (χ1n) is 3.69. The first-order chi connectivity index (χ1) is 5.13. The molecule has 0 unspecified atom stereocenters. The third-order valence-corrected chi connectivity index (χ3v) is 1.27. The highest BCUT2D eigenvalue weighted by molar-refractivity contribution is 5.93. The summed E-state index contributed by atoms with van der Waals surface area (Å²) in [6.07, 6.45) is 0. The molecule has 0 rings (SSSR count). The van der Waals surface area contributed by atoms with Crippen LogP contribution in [-0.2, 0) is 4.79 Å². The summed E-state index contributed by atoms with van der Waals surface area (Å²) in [4.78, 5) is 22.9. The van der Waals surface area contributed by atoms with Crippen molar-refractivity contribution in [1.82, 2.24) is 10.2 Å². The first kappa shape index (κ1) is 9.94. The van der Waals surface area contributed by atoms with Gasteiger partial charge in [0, 0.05) is 20.0 Å². The van der Waals surface area contributed by atoms with Crippen molar-refractivity contribution in [3.8, 4) is 0 Å². The molecule has 0 atom stereocenters. The summed E-state index contributed by atoms with van der Waals surface area (Å²) in [6.45, 7) is 5.91. The summed E-state index contributed by atoms with van der Waals surface area (Å²) >= 11 is 0. The van der Waals surface area contributed by atoms with Crippen LogP contribution in [-0.4, -0.2) is 29.9 Å².